The monoisotopic (exact) mass is 288 g/mol. The van der Waals surface area contributed by atoms with Crippen LogP contribution < -0.4 is 5.73 Å². The fraction of sp³-hybridized carbons (Fsp3) is 0.684. The highest BCUT2D eigenvalue weighted by Crippen LogP contribution is 2.28. The van der Waals surface area contributed by atoms with Gasteiger partial charge in [-0.3, -0.25) is 4.90 Å². The normalized spacial score (nSPS) is 21.7. The van der Waals surface area contributed by atoms with Gasteiger partial charge in [-0.2, -0.15) is 0 Å². The predicted octanol–water partition coefficient (Wildman–Crippen LogP) is 4.01. The van der Waals surface area contributed by atoms with E-state index in [0.717, 1.165) is 18.9 Å². The molecule has 1 saturated heterocycles. The molecular weight excluding hydrogens is 256 g/mol. The molecule has 2 nitrogen and oxygen atoms in total. The molecule has 2 heteroatoms. The lowest BCUT2D eigenvalue weighted by atomic mass is 9.92. The minimum absolute atomic E-state index is 0.396. The second-order valence-corrected chi connectivity index (χ2v) is 7.00. The van der Waals surface area contributed by atoms with E-state index in [1.807, 2.05) is 0 Å². The third-order valence-corrected chi connectivity index (χ3v) is 4.80. The Kier molecular flexibility index (Phi) is 6.25. The molecule has 0 saturated carbocycles. The highest BCUT2D eigenvalue weighted by molar-refractivity contribution is 5.26. The summed E-state index contributed by atoms with van der Waals surface area (Å²) in [6.07, 6.45) is 5.16. The van der Waals surface area contributed by atoms with E-state index in [0.29, 0.717) is 12.0 Å². The number of nitrogens with zero attached hydrogens (tertiary/aromatic N) is 1. The molecule has 0 spiro atoms. The van der Waals surface area contributed by atoms with Gasteiger partial charge in [0, 0.05) is 19.1 Å². The van der Waals surface area contributed by atoms with Crippen LogP contribution in [0.25, 0.3) is 0 Å². The van der Waals surface area contributed by atoms with Crippen molar-refractivity contribution in [1.82, 2.24) is 4.90 Å². The van der Waals surface area contributed by atoms with E-state index in [1.165, 1.54) is 43.5 Å². The standard InChI is InChI=1S/C19H32N2/c1-4-16-6-5-11-21(14-16)19(13-20)18-9-7-17(8-10-18)12-15(2)3/h7-10,15-16,19H,4-6,11-14,20H2,1-3H3. The van der Waals surface area contributed by atoms with E-state index < -0.39 is 0 Å². The average molecular weight is 288 g/mol. The van der Waals surface area contributed by atoms with Gasteiger partial charge in [0.2, 0.25) is 0 Å². The summed E-state index contributed by atoms with van der Waals surface area (Å²) in [5, 5.41) is 0. The molecule has 2 N–H and O–H groups in total. The van der Waals surface area contributed by atoms with Crippen molar-refractivity contribution in [2.75, 3.05) is 19.6 Å². The zero-order valence-corrected chi connectivity index (χ0v) is 14.0. The summed E-state index contributed by atoms with van der Waals surface area (Å²) in [6.45, 7) is 9.99. The SMILES string of the molecule is CCC1CCCN(C(CN)c2ccc(CC(C)C)cc2)C1. The van der Waals surface area contributed by atoms with Gasteiger partial charge in [-0.05, 0) is 48.8 Å². The Labute approximate surface area is 130 Å². The van der Waals surface area contributed by atoms with Crippen molar-refractivity contribution in [3.8, 4) is 0 Å². The number of benzene rings is 1. The molecule has 2 atom stereocenters. The van der Waals surface area contributed by atoms with E-state index in [9.17, 15) is 0 Å². The van der Waals surface area contributed by atoms with Crippen molar-refractivity contribution in [2.24, 2.45) is 17.6 Å². The Morgan fingerprint density at radius 2 is 1.95 bits per heavy atom. The average Bonchev–Trinajstić information content (AvgIpc) is 2.49. The lowest BCUT2D eigenvalue weighted by Gasteiger charge is -2.38. The second kappa shape index (κ2) is 7.95. The first-order chi connectivity index (χ1) is 10.1. The molecule has 1 fully saturated rings. The Bertz CT molecular complexity index is 410. The summed E-state index contributed by atoms with van der Waals surface area (Å²) in [7, 11) is 0. The molecule has 0 bridgehead atoms. The summed E-state index contributed by atoms with van der Waals surface area (Å²) in [4.78, 5) is 2.61. The number of hydrogen-bond acceptors (Lipinski definition) is 2. The fourth-order valence-electron chi connectivity index (χ4n) is 3.56. The lowest BCUT2D eigenvalue weighted by molar-refractivity contribution is 0.124. The molecule has 1 aromatic rings. The molecule has 2 unspecified atom stereocenters. The van der Waals surface area contributed by atoms with Crippen molar-refractivity contribution in [3.05, 3.63) is 35.4 Å². The number of likely N-dealkylation sites (tertiary alicyclic amines) is 1. The third-order valence-electron chi connectivity index (χ3n) is 4.80. The van der Waals surface area contributed by atoms with Gasteiger partial charge in [0.15, 0.2) is 0 Å². The van der Waals surface area contributed by atoms with Crippen molar-refractivity contribution < 1.29 is 0 Å². The van der Waals surface area contributed by atoms with Gasteiger partial charge in [-0.15, -0.1) is 0 Å². The summed E-state index contributed by atoms with van der Waals surface area (Å²) >= 11 is 0. The van der Waals surface area contributed by atoms with Gasteiger partial charge >= 0.3 is 0 Å². The Morgan fingerprint density at radius 1 is 1.24 bits per heavy atom. The Balaban J connectivity index is 2.06. The van der Waals surface area contributed by atoms with Gasteiger partial charge in [-0.25, -0.2) is 0 Å². The topological polar surface area (TPSA) is 29.3 Å². The zero-order valence-electron chi connectivity index (χ0n) is 14.0. The van der Waals surface area contributed by atoms with Gasteiger partial charge < -0.3 is 5.73 Å². The predicted molar refractivity (Wildman–Crippen MR) is 91.4 cm³/mol. The number of piperidine rings is 1. The summed E-state index contributed by atoms with van der Waals surface area (Å²) in [5.41, 5.74) is 8.93. The first-order valence-electron chi connectivity index (χ1n) is 8.67. The van der Waals surface area contributed by atoms with Crippen molar-refractivity contribution in [1.29, 1.82) is 0 Å². The first-order valence-corrected chi connectivity index (χ1v) is 8.67. The van der Waals surface area contributed by atoms with Crippen LogP contribution in [0.2, 0.25) is 0 Å². The van der Waals surface area contributed by atoms with Crippen molar-refractivity contribution >= 4 is 0 Å². The van der Waals surface area contributed by atoms with Crippen LogP contribution in [0.5, 0.6) is 0 Å². The minimum atomic E-state index is 0.396. The van der Waals surface area contributed by atoms with E-state index in [-0.39, 0.29) is 0 Å². The number of hydrogen-bond donors (Lipinski definition) is 1. The quantitative estimate of drug-likeness (QED) is 0.857. The molecule has 118 valence electrons. The molecule has 1 aliphatic heterocycles. The summed E-state index contributed by atoms with van der Waals surface area (Å²) in [6, 6.07) is 9.57. The van der Waals surface area contributed by atoms with Crippen LogP contribution >= 0.6 is 0 Å². The molecule has 1 aromatic carbocycles. The molecule has 21 heavy (non-hydrogen) atoms. The summed E-state index contributed by atoms with van der Waals surface area (Å²) < 4.78 is 0. The highest BCUT2D eigenvalue weighted by Gasteiger charge is 2.25. The van der Waals surface area contributed by atoms with Crippen molar-refractivity contribution in [3.63, 3.8) is 0 Å². The van der Waals surface area contributed by atoms with Crippen LogP contribution in [-0.2, 0) is 6.42 Å². The molecule has 1 aliphatic rings. The van der Waals surface area contributed by atoms with E-state index in [2.05, 4.69) is 49.9 Å². The van der Waals surface area contributed by atoms with Gasteiger partial charge in [0.1, 0.15) is 0 Å². The van der Waals surface area contributed by atoms with E-state index >= 15 is 0 Å². The highest BCUT2D eigenvalue weighted by atomic mass is 15.2. The van der Waals surface area contributed by atoms with Crippen LogP contribution in [0.15, 0.2) is 24.3 Å². The fourth-order valence-corrected chi connectivity index (χ4v) is 3.56. The third kappa shape index (κ3) is 4.55. The number of nitrogens with two attached hydrogens (primary N) is 1. The maximum Gasteiger partial charge on any atom is 0.0470 e. The number of rotatable bonds is 6. The molecule has 0 radical (unpaired) electrons. The molecule has 1 heterocycles. The molecular formula is C19H32N2. The van der Waals surface area contributed by atoms with Gasteiger partial charge in [-0.1, -0.05) is 51.5 Å². The Morgan fingerprint density at radius 3 is 2.52 bits per heavy atom. The maximum absolute atomic E-state index is 6.10. The molecule has 2 rings (SSSR count). The molecule has 0 amide bonds. The van der Waals surface area contributed by atoms with Crippen molar-refractivity contribution in [2.45, 2.75) is 52.5 Å². The van der Waals surface area contributed by atoms with E-state index in [1.54, 1.807) is 0 Å². The molecule has 0 aliphatic carbocycles. The van der Waals surface area contributed by atoms with E-state index in [4.69, 9.17) is 5.73 Å². The van der Waals surface area contributed by atoms with Crippen LogP contribution in [0, 0.1) is 11.8 Å². The summed E-state index contributed by atoms with van der Waals surface area (Å²) in [5.74, 6) is 1.57. The minimum Gasteiger partial charge on any atom is -0.329 e. The van der Waals surface area contributed by atoms with Crippen LogP contribution in [-0.4, -0.2) is 24.5 Å². The van der Waals surface area contributed by atoms with Gasteiger partial charge in [0.05, 0.1) is 0 Å². The van der Waals surface area contributed by atoms with Crippen LogP contribution in [0.3, 0.4) is 0 Å². The lowest BCUT2D eigenvalue weighted by Crippen LogP contribution is -2.40. The second-order valence-electron chi connectivity index (χ2n) is 7.00. The van der Waals surface area contributed by atoms with Crippen LogP contribution in [0.1, 0.15) is 57.2 Å². The zero-order chi connectivity index (χ0) is 15.2. The smallest absolute Gasteiger partial charge is 0.0470 e. The van der Waals surface area contributed by atoms with Gasteiger partial charge in [0.25, 0.3) is 0 Å². The van der Waals surface area contributed by atoms with Crippen LogP contribution in [0.4, 0.5) is 0 Å². The Hall–Kier alpha value is -0.860. The largest absolute Gasteiger partial charge is 0.329 e. The molecule has 0 aromatic heterocycles. The maximum atomic E-state index is 6.10. The first kappa shape index (κ1) is 16.5.